The molecule has 1 aromatic rings. The van der Waals surface area contributed by atoms with Gasteiger partial charge in [-0.1, -0.05) is 31.9 Å². The minimum Gasteiger partial charge on any atom is -0.368 e. The summed E-state index contributed by atoms with van der Waals surface area (Å²) in [6, 6.07) is 10.0. The average molecular weight is 272 g/mol. The van der Waals surface area contributed by atoms with Crippen molar-refractivity contribution in [3.05, 3.63) is 29.8 Å². The molecule has 2 heteroatoms. The summed E-state index contributed by atoms with van der Waals surface area (Å²) >= 11 is 0. The lowest BCUT2D eigenvalue weighted by molar-refractivity contribution is 0.244. The Kier molecular flexibility index (Phi) is 4.30. The first-order valence-corrected chi connectivity index (χ1v) is 8.41. The maximum atomic E-state index is 6.12. The molecule has 20 heavy (non-hydrogen) atoms. The van der Waals surface area contributed by atoms with E-state index < -0.39 is 0 Å². The molecule has 1 heterocycles. The Bertz CT molecular complexity index is 424. The van der Waals surface area contributed by atoms with Crippen LogP contribution in [0.25, 0.3) is 0 Å². The largest absolute Gasteiger partial charge is 0.368 e. The van der Waals surface area contributed by atoms with Gasteiger partial charge in [0.15, 0.2) is 0 Å². The van der Waals surface area contributed by atoms with Crippen molar-refractivity contribution < 1.29 is 0 Å². The van der Waals surface area contributed by atoms with E-state index >= 15 is 0 Å². The average Bonchev–Trinajstić information content (AvgIpc) is 2.54. The molecule has 1 aliphatic heterocycles. The van der Waals surface area contributed by atoms with Crippen LogP contribution in [0.4, 0.5) is 5.69 Å². The van der Waals surface area contributed by atoms with Crippen LogP contribution in [-0.4, -0.2) is 12.6 Å². The van der Waals surface area contributed by atoms with Crippen molar-refractivity contribution in [1.82, 2.24) is 0 Å². The van der Waals surface area contributed by atoms with E-state index in [0.29, 0.717) is 0 Å². The molecule has 0 aromatic heterocycles. The van der Waals surface area contributed by atoms with Crippen LogP contribution in [0.3, 0.4) is 0 Å². The second-order valence-corrected chi connectivity index (χ2v) is 6.55. The number of hydrogen-bond donors (Lipinski definition) is 1. The lowest BCUT2D eigenvalue weighted by atomic mass is 9.78. The fourth-order valence-corrected chi connectivity index (χ4v) is 4.09. The molecule has 110 valence electrons. The molecule has 1 saturated heterocycles. The molecule has 2 nitrogen and oxygen atoms in total. The van der Waals surface area contributed by atoms with Gasteiger partial charge in [-0.25, -0.2) is 0 Å². The number of rotatable bonds is 3. The van der Waals surface area contributed by atoms with Gasteiger partial charge >= 0.3 is 0 Å². The summed E-state index contributed by atoms with van der Waals surface area (Å²) < 4.78 is 0. The van der Waals surface area contributed by atoms with E-state index in [0.717, 1.165) is 18.4 Å². The van der Waals surface area contributed by atoms with Crippen LogP contribution in [-0.2, 0) is 0 Å². The Morgan fingerprint density at radius 1 is 1.10 bits per heavy atom. The van der Waals surface area contributed by atoms with Gasteiger partial charge in [0.2, 0.25) is 0 Å². The summed E-state index contributed by atoms with van der Waals surface area (Å²) in [4.78, 5) is 2.68. The Morgan fingerprint density at radius 3 is 2.55 bits per heavy atom. The molecule has 2 unspecified atom stereocenters. The summed E-state index contributed by atoms with van der Waals surface area (Å²) in [7, 11) is 0. The van der Waals surface area contributed by atoms with E-state index in [1.54, 1.807) is 0 Å². The fraction of sp³-hybridized carbons (Fsp3) is 0.667. The predicted octanol–water partition coefficient (Wildman–Crippen LogP) is 4.26. The maximum absolute atomic E-state index is 6.12. The van der Waals surface area contributed by atoms with Gasteiger partial charge in [-0.3, -0.25) is 0 Å². The van der Waals surface area contributed by atoms with Gasteiger partial charge in [-0.15, -0.1) is 0 Å². The van der Waals surface area contributed by atoms with Crippen molar-refractivity contribution in [2.24, 2.45) is 11.7 Å². The summed E-state index contributed by atoms with van der Waals surface area (Å²) in [5, 5.41) is 0. The highest BCUT2D eigenvalue weighted by molar-refractivity contribution is 5.49. The second-order valence-electron chi connectivity index (χ2n) is 6.55. The van der Waals surface area contributed by atoms with Crippen LogP contribution in [0.5, 0.6) is 0 Å². The third-order valence-electron chi connectivity index (χ3n) is 5.34. The lowest BCUT2D eigenvalue weighted by Gasteiger charge is -2.45. The van der Waals surface area contributed by atoms with Crippen molar-refractivity contribution >= 4 is 5.69 Å². The van der Waals surface area contributed by atoms with Crippen molar-refractivity contribution in [1.29, 1.82) is 0 Å². The molecule has 2 fully saturated rings. The molecule has 1 aromatic carbocycles. The van der Waals surface area contributed by atoms with Crippen molar-refractivity contribution in [2.45, 2.75) is 64.0 Å². The summed E-state index contributed by atoms with van der Waals surface area (Å²) in [5.74, 6) is 0.940. The van der Waals surface area contributed by atoms with Crippen LogP contribution >= 0.6 is 0 Å². The topological polar surface area (TPSA) is 29.3 Å². The highest BCUT2D eigenvalue weighted by Crippen LogP contribution is 2.37. The zero-order valence-electron chi connectivity index (χ0n) is 12.7. The van der Waals surface area contributed by atoms with E-state index in [4.69, 9.17) is 5.73 Å². The Balaban J connectivity index is 1.77. The molecule has 0 bridgehead atoms. The Morgan fingerprint density at radius 2 is 1.80 bits per heavy atom. The SMILES string of the molecule is CC[C@H](N)c1ccc(N2CCCC3CCCCC32)cc1. The fourth-order valence-electron chi connectivity index (χ4n) is 4.09. The Labute approximate surface area is 123 Å². The third-order valence-corrected chi connectivity index (χ3v) is 5.34. The van der Waals surface area contributed by atoms with E-state index in [2.05, 4.69) is 36.1 Å². The van der Waals surface area contributed by atoms with Gasteiger partial charge in [0.25, 0.3) is 0 Å². The monoisotopic (exact) mass is 272 g/mol. The number of piperidine rings is 1. The zero-order chi connectivity index (χ0) is 13.9. The number of hydrogen-bond acceptors (Lipinski definition) is 2. The molecule has 3 atom stereocenters. The van der Waals surface area contributed by atoms with Gasteiger partial charge in [0.1, 0.15) is 0 Å². The van der Waals surface area contributed by atoms with Crippen LogP contribution in [0, 0.1) is 5.92 Å². The molecule has 2 N–H and O–H groups in total. The first-order chi connectivity index (χ1) is 9.79. The van der Waals surface area contributed by atoms with Crippen LogP contribution in [0.15, 0.2) is 24.3 Å². The normalized spacial score (nSPS) is 28.0. The number of fused-ring (bicyclic) bond motifs is 1. The van der Waals surface area contributed by atoms with Gasteiger partial charge in [0.05, 0.1) is 0 Å². The second kappa shape index (κ2) is 6.17. The molecule has 0 spiro atoms. The quantitative estimate of drug-likeness (QED) is 0.891. The predicted molar refractivity (Wildman–Crippen MR) is 86.0 cm³/mol. The standard InChI is InChI=1S/C18H28N2/c1-2-17(19)14-9-11-16(12-10-14)20-13-5-7-15-6-3-4-8-18(15)20/h9-12,15,17-18H,2-8,13,19H2,1H3/t15?,17-,18?/m0/s1. The van der Waals surface area contributed by atoms with Gasteiger partial charge in [-0.05, 0) is 55.7 Å². The van der Waals surface area contributed by atoms with E-state index in [1.165, 1.54) is 56.3 Å². The molecule has 0 radical (unpaired) electrons. The molecular formula is C18H28N2. The summed E-state index contributed by atoms with van der Waals surface area (Å²) in [6.07, 6.45) is 9.50. The maximum Gasteiger partial charge on any atom is 0.0369 e. The molecule has 1 saturated carbocycles. The molecule has 2 aliphatic rings. The Hall–Kier alpha value is -1.02. The molecular weight excluding hydrogens is 244 g/mol. The van der Waals surface area contributed by atoms with Crippen LogP contribution < -0.4 is 10.6 Å². The number of nitrogens with zero attached hydrogens (tertiary/aromatic N) is 1. The zero-order valence-corrected chi connectivity index (χ0v) is 12.7. The minimum atomic E-state index is 0.188. The van der Waals surface area contributed by atoms with Gasteiger partial charge < -0.3 is 10.6 Å². The van der Waals surface area contributed by atoms with E-state index in [-0.39, 0.29) is 6.04 Å². The summed E-state index contributed by atoms with van der Waals surface area (Å²) in [5.41, 5.74) is 8.80. The van der Waals surface area contributed by atoms with Crippen LogP contribution in [0.1, 0.15) is 63.5 Å². The number of benzene rings is 1. The molecule has 0 amide bonds. The van der Waals surface area contributed by atoms with Gasteiger partial charge in [-0.2, -0.15) is 0 Å². The highest BCUT2D eigenvalue weighted by atomic mass is 15.2. The van der Waals surface area contributed by atoms with Crippen molar-refractivity contribution in [3.63, 3.8) is 0 Å². The van der Waals surface area contributed by atoms with Crippen molar-refractivity contribution in [3.8, 4) is 0 Å². The molecule has 1 aliphatic carbocycles. The highest BCUT2D eigenvalue weighted by Gasteiger charge is 2.33. The number of anilines is 1. The van der Waals surface area contributed by atoms with E-state index in [1.807, 2.05) is 0 Å². The minimum absolute atomic E-state index is 0.188. The molecule has 3 rings (SSSR count). The lowest BCUT2D eigenvalue weighted by Crippen LogP contribution is -2.46. The first-order valence-electron chi connectivity index (χ1n) is 8.41. The smallest absolute Gasteiger partial charge is 0.0369 e. The van der Waals surface area contributed by atoms with Gasteiger partial charge in [0, 0.05) is 24.3 Å². The van der Waals surface area contributed by atoms with E-state index in [9.17, 15) is 0 Å². The first kappa shape index (κ1) is 13.9. The number of nitrogens with two attached hydrogens (primary N) is 1. The summed E-state index contributed by atoms with van der Waals surface area (Å²) in [6.45, 7) is 3.39. The van der Waals surface area contributed by atoms with Crippen molar-refractivity contribution in [2.75, 3.05) is 11.4 Å². The third kappa shape index (κ3) is 2.71. The van der Waals surface area contributed by atoms with Crippen LogP contribution in [0.2, 0.25) is 0 Å².